The number of carbonyl (C=O) groups is 2. The molecule has 0 unspecified atom stereocenters. The highest BCUT2D eigenvalue weighted by Gasteiger charge is 2.35. The Morgan fingerprint density at radius 1 is 1.50 bits per heavy atom. The van der Waals surface area contributed by atoms with Crippen molar-refractivity contribution in [2.75, 3.05) is 11.6 Å². The SMILES string of the molecule is O=C(O)[C@@H]1CSCN1C(=O)c1cc(Br)ccc1Cl. The molecule has 1 saturated heterocycles. The summed E-state index contributed by atoms with van der Waals surface area (Å²) >= 11 is 10.7. The van der Waals surface area contributed by atoms with Crippen LogP contribution >= 0.6 is 39.3 Å². The predicted octanol–water partition coefficient (Wildman–Crippen LogP) is 2.70. The lowest BCUT2D eigenvalue weighted by molar-refractivity contribution is -0.140. The maximum Gasteiger partial charge on any atom is 0.327 e. The molecule has 1 amide bonds. The first-order valence-corrected chi connectivity index (χ1v) is 7.40. The van der Waals surface area contributed by atoms with Gasteiger partial charge in [0.2, 0.25) is 0 Å². The number of hydrogen-bond acceptors (Lipinski definition) is 3. The van der Waals surface area contributed by atoms with Crippen LogP contribution in [0.3, 0.4) is 0 Å². The van der Waals surface area contributed by atoms with Crippen LogP contribution < -0.4 is 0 Å². The van der Waals surface area contributed by atoms with Crippen LogP contribution in [0.4, 0.5) is 0 Å². The van der Waals surface area contributed by atoms with Gasteiger partial charge >= 0.3 is 5.97 Å². The number of benzene rings is 1. The number of carboxylic acids is 1. The van der Waals surface area contributed by atoms with Crippen molar-refractivity contribution in [1.29, 1.82) is 0 Å². The molecule has 1 aromatic rings. The largest absolute Gasteiger partial charge is 0.480 e. The molecule has 0 bridgehead atoms. The van der Waals surface area contributed by atoms with Crippen LogP contribution in [0.2, 0.25) is 5.02 Å². The van der Waals surface area contributed by atoms with Gasteiger partial charge in [0, 0.05) is 10.2 Å². The normalized spacial score (nSPS) is 19.0. The molecular formula is C11H9BrClNO3S. The Morgan fingerprint density at radius 2 is 2.22 bits per heavy atom. The summed E-state index contributed by atoms with van der Waals surface area (Å²) in [6.07, 6.45) is 0. The van der Waals surface area contributed by atoms with Crippen molar-refractivity contribution in [2.45, 2.75) is 6.04 Å². The number of amides is 1. The van der Waals surface area contributed by atoms with E-state index in [9.17, 15) is 9.59 Å². The zero-order valence-corrected chi connectivity index (χ0v) is 12.3. The molecule has 2 rings (SSSR count). The van der Waals surface area contributed by atoms with Crippen molar-refractivity contribution >= 4 is 51.2 Å². The summed E-state index contributed by atoms with van der Waals surface area (Å²) in [5.74, 6) is -0.552. The number of rotatable bonds is 2. The van der Waals surface area contributed by atoms with Gasteiger partial charge in [0.1, 0.15) is 6.04 Å². The highest BCUT2D eigenvalue weighted by Crippen LogP contribution is 2.27. The highest BCUT2D eigenvalue weighted by atomic mass is 79.9. The lowest BCUT2D eigenvalue weighted by Gasteiger charge is -2.21. The predicted molar refractivity (Wildman–Crippen MR) is 74.1 cm³/mol. The van der Waals surface area contributed by atoms with E-state index in [0.717, 1.165) is 4.47 Å². The molecule has 1 fully saturated rings. The molecule has 0 spiro atoms. The van der Waals surface area contributed by atoms with Gasteiger partial charge in [0.25, 0.3) is 5.91 Å². The van der Waals surface area contributed by atoms with Crippen molar-refractivity contribution < 1.29 is 14.7 Å². The summed E-state index contributed by atoms with van der Waals surface area (Å²) in [7, 11) is 0. The molecule has 0 aromatic heterocycles. The van der Waals surface area contributed by atoms with Crippen LogP contribution in [0.15, 0.2) is 22.7 Å². The summed E-state index contributed by atoms with van der Waals surface area (Å²) in [6.45, 7) is 0. The van der Waals surface area contributed by atoms with Crippen molar-refractivity contribution in [3.05, 3.63) is 33.3 Å². The lowest BCUT2D eigenvalue weighted by atomic mass is 10.2. The van der Waals surface area contributed by atoms with E-state index in [-0.39, 0.29) is 5.91 Å². The summed E-state index contributed by atoms with van der Waals surface area (Å²) in [6, 6.07) is 4.16. The van der Waals surface area contributed by atoms with Gasteiger partial charge in [-0.25, -0.2) is 4.79 Å². The number of thioether (sulfide) groups is 1. The number of carbonyl (C=O) groups excluding carboxylic acids is 1. The maximum atomic E-state index is 12.3. The molecule has 0 radical (unpaired) electrons. The van der Waals surface area contributed by atoms with Gasteiger partial charge in [0.15, 0.2) is 0 Å². The second-order valence-electron chi connectivity index (χ2n) is 3.75. The average molecular weight is 351 g/mol. The molecule has 1 aromatic carbocycles. The molecule has 0 saturated carbocycles. The van der Waals surface area contributed by atoms with Gasteiger partial charge in [-0.05, 0) is 18.2 Å². The van der Waals surface area contributed by atoms with E-state index in [4.69, 9.17) is 16.7 Å². The minimum Gasteiger partial charge on any atom is -0.480 e. The standard InChI is InChI=1S/C11H9BrClNO3S/c12-6-1-2-8(13)7(3-6)10(15)14-5-18-4-9(14)11(16)17/h1-3,9H,4-5H2,(H,16,17)/t9-/m0/s1. The van der Waals surface area contributed by atoms with E-state index >= 15 is 0 Å². The number of aliphatic carboxylic acids is 1. The number of nitrogens with zero attached hydrogens (tertiary/aromatic N) is 1. The van der Waals surface area contributed by atoms with E-state index in [0.29, 0.717) is 22.2 Å². The summed E-state index contributed by atoms with van der Waals surface area (Å²) < 4.78 is 0.731. The fourth-order valence-electron chi connectivity index (χ4n) is 1.66. The molecule has 1 aliphatic rings. The second-order valence-corrected chi connectivity index (χ2v) is 6.08. The molecule has 7 heteroatoms. The van der Waals surface area contributed by atoms with Crippen molar-refractivity contribution in [1.82, 2.24) is 4.90 Å². The third-order valence-corrected chi connectivity index (χ3v) is 4.42. The Balaban J connectivity index is 2.31. The monoisotopic (exact) mass is 349 g/mol. The molecule has 1 atom stereocenters. The van der Waals surface area contributed by atoms with Gasteiger partial charge in [-0.1, -0.05) is 27.5 Å². The Kier molecular flexibility index (Phi) is 4.19. The van der Waals surface area contributed by atoms with Gasteiger partial charge in [-0.15, -0.1) is 11.8 Å². The molecule has 18 heavy (non-hydrogen) atoms. The van der Waals surface area contributed by atoms with Crippen LogP contribution in [-0.4, -0.2) is 39.6 Å². The molecule has 1 aliphatic heterocycles. The minimum absolute atomic E-state index is 0.319. The minimum atomic E-state index is -0.987. The first-order valence-electron chi connectivity index (χ1n) is 5.07. The van der Waals surface area contributed by atoms with Crippen molar-refractivity contribution in [2.24, 2.45) is 0 Å². The summed E-state index contributed by atoms with van der Waals surface area (Å²) in [4.78, 5) is 24.7. The fourth-order valence-corrected chi connectivity index (χ4v) is 3.37. The van der Waals surface area contributed by atoms with Gasteiger partial charge < -0.3 is 10.0 Å². The van der Waals surface area contributed by atoms with Gasteiger partial charge in [0.05, 0.1) is 16.5 Å². The third kappa shape index (κ3) is 2.65. The Labute approximate surface area is 121 Å². The van der Waals surface area contributed by atoms with Crippen LogP contribution in [0.25, 0.3) is 0 Å². The number of halogens is 2. The first-order chi connectivity index (χ1) is 8.50. The van der Waals surface area contributed by atoms with E-state index in [1.807, 2.05) is 0 Å². The van der Waals surface area contributed by atoms with Gasteiger partial charge in [-0.2, -0.15) is 0 Å². The van der Waals surface area contributed by atoms with Gasteiger partial charge in [-0.3, -0.25) is 4.79 Å². The molecular weight excluding hydrogens is 342 g/mol. The molecule has 96 valence electrons. The second kappa shape index (κ2) is 5.50. The first kappa shape index (κ1) is 13.7. The van der Waals surface area contributed by atoms with E-state index in [2.05, 4.69) is 15.9 Å². The Bertz CT molecular complexity index is 511. The van der Waals surface area contributed by atoms with E-state index < -0.39 is 12.0 Å². The smallest absolute Gasteiger partial charge is 0.327 e. The third-order valence-electron chi connectivity index (χ3n) is 2.59. The van der Waals surface area contributed by atoms with Crippen molar-refractivity contribution in [3.63, 3.8) is 0 Å². The topological polar surface area (TPSA) is 57.6 Å². The Morgan fingerprint density at radius 3 is 2.89 bits per heavy atom. The quantitative estimate of drug-likeness (QED) is 0.891. The molecule has 1 heterocycles. The number of carboxylic acid groups (broad SMARTS) is 1. The lowest BCUT2D eigenvalue weighted by Crippen LogP contribution is -2.41. The summed E-state index contributed by atoms with van der Waals surface area (Å²) in [5, 5.41) is 9.38. The maximum absolute atomic E-state index is 12.3. The number of hydrogen-bond donors (Lipinski definition) is 1. The molecule has 4 nitrogen and oxygen atoms in total. The molecule has 0 aliphatic carbocycles. The van der Waals surface area contributed by atoms with E-state index in [1.54, 1.807) is 18.2 Å². The fraction of sp³-hybridized carbons (Fsp3) is 0.273. The van der Waals surface area contributed by atoms with Crippen molar-refractivity contribution in [3.8, 4) is 0 Å². The zero-order chi connectivity index (χ0) is 13.3. The average Bonchev–Trinajstić information content (AvgIpc) is 2.80. The zero-order valence-electron chi connectivity index (χ0n) is 9.10. The Hall–Kier alpha value is -0.720. The molecule has 1 N–H and O–H groups in total. The summed E-state index contributed by atoms with van der Waals surface area (Å²) in [5.41, 5.74) is 0.319. The van der Waals surface area contributed by atoms with Crippen LogP contribution in [-0.2, 0) is 4.79 Å². The highest BCUT2D eigenvalue weighted by molar-refractivity contribution is 9.10. The van der Waals surface area contributed by atoms with E-state index in [1.165, 1.54) is 16.7 Å². The van der Waals surface area contributed by atoms with Crippen LogP contribution in [0.1, 0.15) is 10.4 Å². The van der Waals surface area contributed by atoms with Crippen LogP contribution in [0.5, 0.6) is 0 Å². The van der Waals surface area contributed by atoms with Crippen LogP contribution in [0, 0.1) is 0 Å².